The molecule has 0 bridgehead atoms. The summed E-state index contributed by atoms with van der Waals surface area (Å²) in [5, 5.41) is 0. The summed E-state index contributed by atoms with van der Waals surface area (Å²) in [6, 6.07) is 0.600. The van der Waals surface area contributed by atoms with Crippen LogP contribution in [0.25, 0.3) is 4.85 Å². The van der Waals surface area contributed by atoms with Gasteiger partial charge in [-0.2, -0.15) is 0 Å². The number of anilines is 1. The van der Waals surface area contributed by atoms with Crippen molar-refractivity contribution in [1.82, 2.24) is 14.9 Å². The highest BCUT2D eigenvalue weighted by molar-refractivity contribution is 5.43. The summed E-state index contributed by atoms with van der Waals surface area (Å²) in [6.45, 7) is 15.3. The second-order valence-electron chi connectivity index (χ2n) is 4.47. The second-order valence-corrected chi connectivity index (χ2v) is 4.47. The minimum atomic E-state index is 0.495. The monoisotopic (exact) mass is 231 g/mol. The molecule has 90 valence electrons. The first kappa shape index (κ1) is 11.8. The maximum atomic E-state index is 6.86. The Balaban J connectivity index is 1.98. The van der Waals surface area contributed by atoms with Gasteiger partial charge in [-0.05, 0) is 13.8 Å². The van der Waals surface area contributed by atoms with Gasteiger partial charge < -0.3 is 4.90 Å². The van der Waals surface area contributed by atoms with Gasteiger partial charge in [0.05, 0.1) is 6.57 Å². The van der Waals surface area contributed by atoms with Crippen LogP contribution in [-0.4, -0.2) is 47.1 Å². The average molecular weight is 231 g/mol. The molecule has 1 saturated heterocycles. The highest BCUT2D eigenvalue weighted by Crippen LogP contribution is 2.15. The molecule has 0 saturated carbocycles. The van der Waals surface area contributed by atoms with Gasteiger partial charge in [-0.1, -0.05) is 0 Å². The second kappa shape index (κ2) is 5.11. The van der Waals surface area contributed by atoms with Crippen molar-refractivity contribution < 1.29 is 0 Å². The van der Waals surface area contributed by atoms with Crippen LogP contribution in [0.1, 0.15) is 13.8 Å². The predicted molar refractivity (Wildman–Crippen MR) is 67.2 cm³/mol. The minimum Gasteiger partial charge on any atom is -0.338 e. The fraction of sp³-hybridized carbons (Fsp3) is 0.583. The van der Waals surface area contributed by atoms with Crippen molar-refractivity contribution in [3.05, 3.63) is 23.8 Å². The van der Waals surface area contributed by atoms with E-state index in [-0.39, 0.29) is 0 Å². The third-order valence-corrected chi connectivity index (χ3v) is 3.08. The first-order valence-electron chi connectivity index (χ1n) is 5.89. The largest absolute Gasteiger partial charge is 0.338 e. The lowest BCUT2D eigenvalue weighted by Crippen LogP contribution is -2.49. The van der Waals surface area contributed by atoms with Crippen LogP contribution in [0.3, 0.4) is 0 Å². The first-order chi connectivity index (χ1) is 8.20. The summed E-state index contributed by atoms with van der Waals surface area (Å²) < 4.78 is 0. The normalized spacial score (nSPS) is 17.2. The molecule has 1 aromatic rings. The molecule has 0 atom stereocenters. The maximum absolute atomic E-state index is 6.86. The van der Waals surface area contributed by atoms with Gasteiger partial charge in [-0.25, -0.2) is 14.8 Å². The van der Waals surface area contributed by atoms with Crippen LogP contribution in [-0.2, 0) is 0 Å². The van der Waals surface area contributed by atoms with Crippen LogP contribution < -0.4 is 4.90 Å². The van der Waals surface area contributed by atoms with Crippen molar-refractivity contribution >= 4 is 11.6 Å². The van der Waals surface area contributed by atoms with Crippen molar-refractivity contribution in [2.75, 3.05) is 31.1 Å². The van der Waals surface area contributed by atoms with E-state index < -0.39 is 0 Å². The molecule has 2 rings (SSSR count). The Morgan fingerprint density at radius 3 is 2.24 bits per heavy atom. The van der Waals surface area contributed by atoms with Gasteiger partial charge in [-0.15, -0.1) is 0 Å². The molecule has 2 heterocycles. The van der Waals surface area contributed by atoms with Gasteiger partial charge in [0.25, 0.3) is 0 Å². The molecule has 1 aromatic heterocycles. The molecule has 0 aliphatic carbocycles. The third-order valence-electron chi connectivity index (χ3n) is 3.08. The van der Waals surface area contributed by atoms with Crippen molar-refractivity contribution in [2.24, 2.45) is 0 Å². The fourth-order valence-electron chi connectivity index (χ4n) is 1.97. The van der Waals surface area contributed by atoms with E-state index in [1.54, 1.807) is 12.4 Å². The Labute approximate surface area is 102 Å². The number of aromatic nitrogens is 2. The van der Waals surface area contributed by atoms with Gasteiger partial charge >= 0.3 is 0 Å². The average Bonchev–Trinajstić information content (AvgIpc) is 2.39. The Morgan fingerprint density at radius 2 is 1.76 bits per heavy atom. The number of hydrogen-bond acceptors (Lipinski definition) is 4. The Morgan fingerprint density at radius 1 is 1.18 bits per heavy atom. The minimum absolute atomic E-state index is 0.495. The smallest absolute Gasteiger partial charge is 0.223 e. The van der Waals surface area contributed by atoms with Gasteiger partial charge in [0.2, 0.25) is 11.6 Å². The quantitative estimate of drug-likeness (QED) is 0.724. The zero-order valence-electron chi connectivity index (χ0n) is 10.3. The lowest BCUT2D eigenvalue weighted by molar-refractivity contribution is 0.208. The molecule has 5 nitrogen and oxygen atoms in total. The van der Waals surface area contributed by atoms with Gasteiger partial charge in [0.1, 0.15) is 0 Å². The molecule has 0 N–H and O–H groups in total. The van der Waals surface area contributed by atoms with E-state index in [4.69, 9.17) is 6.57 Å². The van der Waals surface area contributed by atoms with Gasteiger partial charge in [0, 0.05) is 44.6 Å². The van der Waals surface area contributed by atoms with E-state index in [0.29, 0.717) is 11.7 Å². The summed E-state index contributed by atoms with van der Waals surface area (Å²) >= 11 is 0. The number of rotatable bonds is 2. The first-order valence-corrected chi connectivity index (χ1v) is 5.89. The van der Waals surface area contributed by atoms with E-state index in [0.717, 1.165) is 32.1 Å². The molecular formula is C12H17N5. The van der Waals surface area contributed by atoms with Crippen molar-refractivity contribution in [2.45, 2.75) is 19.9 Å². The van der Waals surface area contributed by atoms with Crippen LogP contribution in [0.4, 0.5) is 11.6 Å². The van der Waals surface area contributed by atoms with E-state index >= 15 is 0 Å². The molecule has 0 aromatic carbocycles. The highest BCUT2D eigenvalue weighted by atomic mass is 15.3. The summed E-state index contributed by atoms with van der Waals surface area (Å²) in [6.07, 6.45) is 3.17. The Kier molecular flexibility index (Phi) is 3.55. The van der Waals surface area contributed by atoms with Gasteiger partial charge in [0.15, 0.2) is 0 Å². The summed E-state index contributed by atoms with van der Waals surface area (Å²) in [5.41, 5.74) is 0.495. The lowest BCUT2D eigenvalue weighted by Gasteiger charge is -2.36. The molecule has 1 aliphatic heterocycles. The fourth-order valence-corrected chi connectivity index (χ4v) is 1.97. The van der Waals surface area contributed by atoms with E-state index in [1.165, 1.54) is 0 Å². The predicted octanol–water partition coefficient (Wildman–Crippen LogP) is 1.56. The van der Waals surface area contributed by atoms with Crippen LogP contribution >= 0.6 is 0 Å². The lowest BCUT2D eigenvalue weighted by atomic mass is 10.2. The summed E-state index contributed by atoms with van der Waals surface area (Å²) in [4.78, 5) is 16.4. The van der Waals surface area contributed by atoms with Crippen molar-refractivity contribution in [3.8, 4) is 0 Å². The molecule has 0 spiro atoms. The Bertz CT molecular complexity index is 398. The zero-order valence-corrected chi connectivity index (χ0v) is 10.3. The van der Waals surface area contributed by atoms with Crippen LogP contribution in [0.2, 0.25) is 0 Å². The molecule has 0 radical (unpaired) electrons. The van der Waals surface area contributed by atoms with Gasteiger partial charge in [-0.3, -0.25) is 4.90 Å². The molecule has 5 heteroatoms. The molecule has 0 amide bonds. The number of nitrogens with zero attached hydrogens (tertiary/aromatic N) is 5. The SMILES string of the molecule is [C-]#[N+]c1cnc(N2CCN(C(C)C)CC2)nc1. The highest BCUT2D eigenvalue weighted by Gasteiger charge is 2.20. The number of piperazine rings is 1. The van der Waals surface area contributed by atoms with E-state index in [1.807, 2.05) is 0 Å². The molecule has 1 fully saturated rings. The summed E-state index contributed by atoms with van der Waals surface area (Å²) in [7, 11) is 0. The van der Waals surface area contributed by atoms with Crippen molar-refractivity contribution in [1.29, 1.82) is 0 Å². The Hall–Kier alpha value is -1.67. The molecular weight excluding hydrogens is 214 g/mol. The standard InChI is InChI=1S/C12H17N5/c1-10(2)16-4-6-17(7-5-16)12-14-8-11(13-3)9-15-12/h8-10H,4-7H2,1-2H3. The molecule has 17 heavy (non-hydrogen) atoms. The van der Waals surface area contributed by atoms with Crippen LogP contribution in [0.5, 0.6) is 0 Å². The maximum Gasteiger partial charge on any atom is 0.223 e. The number of hydrogen-bond donors (Lipinski definition) is 0. The van der Waals surface area contributed by atoms with Crippen LogP contribution in [0, 0.1) is 6.57 Å². The summed E-state index contributed by atoms with van der Waals surface area (Å²) in [5.74, 6) is 0.737. The van der Waals surface area contributed by atoms with Crippen LogP contribution in [0.15, 0.2) is 12.4 Å². The zero-order chi connectivity index (χ0) is 12.3. The van der Waals surface area contributed by atoms with Crippen molar-refractivity contribution in [3.63, 3.8) is 0 Å². The third kappa shape index (κ3) is 2.71. The topological polar surface area (TPSA) is 36.6 Å². The van der Waals surface area contributed by atoms with E-state index in [9.17, 15) is 0 Å². The molecule has 1 aliphatic rings. The van der Waals surface area contributed by atoms with E-state index in [2.05, 4.69) is 38.5 Å². The molecule has 0 unspecified atom stereocenters.